The average molecular weight is 319 g/mol. The number of benzene rings is 1. The summed E-state index contributed by atoms with van der Waals surface area (Å²) in [5.41, 5.74) is -1.24. The molecule has 2 N–H and O–H groups in total. The predicted molar refractivity (Wildman–Crippen MR) is 70.0 cm³/mol. The van der Waals surface area contributed by atoms with Gasteiger partial charge in [-0.25, -0.2) is 9.18 Å². The minimum atomic E-state index is -4.55. The topological polar surface area (TPSA) is 49.3 Å². The maximum atomic E-state index is 13.5. The predicted octanol–water partition coefficient (Wildman–Crippen LogP) is 4.22. The Hall–Kier alpha value is -2.09. The SMILES string of the molecule is O=C(O)c1ccc(CNc2cc(C(F)(F)F)ccc2F)s1. The van der Waals surface area contributed by atoms with Gasteiger partial charge in [0.05, 0.1) is 11.3 Å². The molecule has 0 radical (unpaired) electrons. The molecule has 0 unspecified atom stereocenters. The largest absolute Gasteiger partial charge is 0.477 e. The van der Waals surface area contributed by atoms with E-state index < -0.39 is 23.5 Å². The van der Waals surface area contributed by atoms with Crippen molar-refractivity contribution in [2.45, 2.75) is 12.7 Å². The summed E-state index contributed by atoms with van der Waals surface area (Å²) < 4.78 is 51.1. The Bertz CT molecular complexity index is 666. The van der Waals surface area contributed by atoms with E-state index in [9.17, 15) is 22.4 Å². The first kappa shape index (κ1) is 15.3. The summed E-state index contributed by atoms with van der Waals surface area (Å²) in [6.07, 6.45) is -4.55. The van der Waals surface area contributed by atoms with Crippen molar-refractivity contribution in [3.8, 4) is 0 Å². The molecule has 0 aliphatic heterocycles. The van der Waals surface area contributed by atoms with E-state index in [1.54, 1.807) is 0 Å². The van der Waals surface area contributed by atoms with Crippen molar-refractivity contribution in [3.05, 3.63) is 51.5 Å². The molecule has 1 aromatic carbocycles. The second-order valence-electron chi connectivity index (χ2n) is 4.12. The number of anilines is 1. The van der Waals surface area contributed by atoms with E-state index in [-0.39, 0.29) is 17.1 Å². The van der Waals surface area contributed by atoms with Crippen molar-refractivity contribution < 1.29 is 27.5 Å². The quantitative estimate of drug-likeness (QED) is 0.830. The van der Waals surface area contributed by atoms with E-state index in [4.69, 9.17) is 5.11 Å². The first-order chi connectivity index (χ1) is 9.77. The van der Waals surface area contributed by atoms with Gasteiger partial charge in [0.15, 0.2) is 0 Å². The van der Waals surface area contributed by atoms with Gasteiger partial charge < -0.3 is 10.4 Å². The van der Waals surface area contributed by atoms with Crippen LogP contribution in [0, 0.1) is 5.82 Å². The Balaban J connectivity index is 2.13. The van der Waals surface area contributed by atoms with Gasteiger partial charge in [-0.1, -0.05) is 0 Å². The Kier molecular flexibility index (Phi) is 4.17. The highest BCUT2D eigenvalue weighted by atomic mass is 32.1. The molecule has 2 aromatic rings. The van der Waals surface area contributed by atoms with Crippen LogP contribution in [0.25, 0.3) is 0 Å². The van der Waals surface area contributed by atoms with Crippen LogP contribution in [-0.2, 0) is 12.7 Å². The van der Waals surface area contributed by atoms with Crippen molar-refractivity contribution in [2.24, 2.45) is 0 Å². The molecule has 0 saturated heterocycles. The lowest BCUT2D eigenvalue weighted by atomic mass is 10.2. The highest BCUT2D eigenvalue weighted by molar-refractivity contribution is 7.13. The number of aromatic carboxylic acids is 1. The fraction of sp³-hybridized carbons (Fsp3) is 0.154. The summed E-state index contributed by atoms with van der Waals surface area (Å²) >= 11 is 0.969. The highest BCUT2D eigenvalue weighted by Crippen LogP contribution is 2.32. The summed E-state index contributed by atoms with van der Waals surface area (Å²) in [6, 6.07) is 4.98. The first-order valence-electron chi connectivity index (χ1n) is 5.70. The minimum absolute atomic E-state index is 0.0379. The van der Waals surface area contributed by atoms with Gasteiger partial charge in [-0.3, -0.25) is 0 Å². The summed E-state index contributed by atoms with van der Waals surface area (Å²) in [6.45, 7) is 0.0379. The second kappa shape index (κ2) is 5.72. The Morgan fingerprint density at radius 3 is 2.52 bits per heavy atom. The number of alkyl halides is 3. The molecule has 0 aliphatic carbocycles. The molecule has 0 saturated carbocycles. The van der Waals surface area contributed by atoms with E-state index in [0.29, 0.717) is 17.0 Å². The molecule has 0 amide bonds. The van der Waals surface area contributed by atoms with Gasteiger partial charge in [0.1, 0.15) is 10.7 Å². The molecule has 1 aromatic heterocycles. The molecule has 0 fully saturated rings. The summed E-state index contributed by atoms with van der Waals surface area (Å²) in [5, 5.41) is 11.3. The van der Waals surface area contributed by atoms with Crippen LogP contribution in [0.15, 0.2) is 30.3 Å². The molecule has 112 valence electrons. The van der Waals surface area contributed by atoms with E-state index in [1.807, 2.05) is 0 Å². The van der Waals surface area contributed by atoms with E-state index in [1.165, 1.54) is 12.1 Å². The molecule has 0 bridgehead atoms. The van der Waals surface area contributed by atoms with Gasteiger partial charge in [0, 0.05) is 11.4 Å². The van der Waals surface area contributed by atoms with Crippen molar-refractivity contribution in [2.75, 3.05) is 5.32 Å². The minimum Gasteiger partial charge on any atom is -0.477 e. The maximum Gasteiger partial charge on any atom is 0.416 e. The molecule has 8 heteroatoms. The number of carboxylic acid groups (broad SMARTS) is 1. The zero-order valence-electron chi connectivity index (χ0n) is 10.4. The van der Waals surface area contributed by atoms with Crippen molar-refractivity contribution in [1.29, 1.82) is 0 Å². The second-order valence-corrected chi connectivity index (χ2v) is 5.29. The van der Waals surface area contributed by atoms with E-state index in [2.05, 4.69) is 5.32 Å². The molecule has 21 heavy (non-hydrogen) atoms. The third-order valence-electron chi connectivity index (χ3n) is 2.62. The normalized spacial score (nSPS) is 11.4. The lowest BCUT2D eigenvalue weighted by Gasteiger charge is -2.11. The van der Waals surface area contributed by atoms with Crippen LogP contribution in [0.5, 0.6) is 0 Å². The van der Waals surface area contributed by atoms with Crippen LogP contribution in [0.4, 0.5) is 23.2 Å². The maximum absolute atomic E-state index is 13.5. The third-order valence-corrected chi connectivity index (χ3v) is 3.69. The Morgan fingerprint density at radius 1 is 1.24 bits per heavy atom. The first-order valence-corrected chi connectivity index (χ1v) is 6.51. The lowest BCUT2D eigenvalue weighted by molar-refractivity contribution is -0.137. The molecule has 0 aliphatic rings. The summed E-state index contributed by atoms with van der Waals surface area (Å²) in [7, 11) is 0. The molecular weight excluding hydrogens is 310 g/mol. The fourth-order valence-corrected chi connectivity index (χ4v) is 2.39. The number of halogens is 4. The van der Waals surface area contributed by atoms with Crippen molar-refractivity contribution >= 4 is 23.0 Å². The number of carbonyl (C=O) groups is 1. The smallest absolute Gasteiger partial charge is 0.416 e. The molecule has 3 nitrogen and oxygen atoms in total. The zero-order chi connectivity index (χ0) is 15.6. The number of hydrogen-bond acceptors (Lipinski definition) is 3. The third kappa shape index (κ3) is 3.72. The van der Waals surface area contributed by atoms with Crippen LogP contribution in [0.3, 0.4) is 0 Å². The number of thiophene rings is 1. The van der Waals surface area contributed by atoms with Crippen LogP contribution in [0.2, 0.25) is 0 Å². The van der Waals surface area contributed by atoms with Crippen molar-refractivity contribution in [3.63, 3.8) is 0 Å². The van der Waals surface area contributed by atoms with Gasteiger partial charge in [-0.15, -0.1) is 11.3 Å². The molecular formula is C13H9F4NO2S. The molecule has 1 heterocycles. The van der Waals surface area contributed by atoms with Gasteiger partial charge in [-0.05, 0) is 30.3 Å². The van der Waals surface area contributed by atoms with E-state index >= 15 is 0 Å². The van der Waals surface area contributed by atoms with Gasteiger partial charge in [0.2, 0.25) is 0 Å². The molecule has 0 spiro atoms. The van der Waals surface area contributed by atoms with Crippen LogP contribution < -0.4 is 5.32 Å². The Labute approximate surface area is 120 Å². The zero-order valence-corrected chi connectivity index (χ0v) is 11.2. The van der Waals surface area contributed by atoms with Gasteiger partial charge in [-0.2, -0.15) is 13.2 Å². The lowest BCUT2D eigenvalue weighted by Crippen LogP contribution is -2.07. The van der Waals surface area contributed by atoms with E-state index in [0.717, 1.165) is 17.4 Å². The molecule has 2 rings (SSSR count). The Morgan fingerprint density at radius 2 is 1.95 bits per heavy atom. The van der Waals surface area contributed by atoms with Crippen LogP contribution >= 0.6 is 11.3 Å². The number of hydrogen-bond donors (Lipinski definition) is 2. The molecule has 0 atom stereocenters. The monoisotopic (exact) mass is 319 g/mol. The highest BCUT2D eigenvalue weighted by Gasteiger charge is 2.31. The van der Waals surface area contributed by atoms with Crippen LogP contribution in [0.1, 0.15) is 20.1 Å². The van der Waals surface area contributed by atoms with Crippen LogP contribution in [-0.4, -0.2) is 11.1 Å². The van der Waals surface area contributed by atoms with Gasteiger partial charge in [0.25, 0.3) is 0 Å². The number of nitrogens with one attached hydrogen (secondary N) is 1. The van der Waals surface area contributed by atoms with Crippen molar-refractivity contribution in [1.82, 2.24) is 0 Å². The summed E-state index contributed by atoms with van der Waals surface area (Å²) in [4.78, 5) is 11.4. The summed E-state index contributed by atoms with van der Waals surface area (Å²) in [5.74, 6) is -1.89. The number of rotatable bonds is 4. The standard InChI is InChI=1S/C13H9F4NO2S/c14-9-3-1-7(13(15,16)17)5-10(9)18-6-8-2-4-11(21-8)12(19)20/h1-5,18H,6H2,(H,19,20). The average Bonchev–Trinajstić information content (AvgIpc) is 2.85. The fourth-order valence-electron chi connectivity index (χ4n) is 1.61. The number of carboxylic acids is 1. The van der Waals surface area contributed by atoms with Gasteiger partial charge >= 0.3 is 12.1 Å².